The zero-order chi connectivity index (χ0) is 18.5. The molecule has 0 bridgehead atoms. The molecule has 0 saturated heterocycles. The summed E-state index contributed by atoms with van der Waals surface area (Å²) in [4.78, 5) is 27.3. The fourth-order valence-electron chi connectivity index (χ4n) is 2.60. The Labute approximate surface area is 159 Å². The summed E-state index contributed by atoms with van der Waals surface area (Å²) in [5, 5.41) is 4.90. The zero-order valence-electron chi connectivity index (χ0n) is 14.2. The maximum atomic E-state index is 13.2. The molecule has 0 aliphatic rings. The molecule has 3 rings (SSSR count). The number of aryl methyl sites for hydroxylation is 1. The van der Waals surface area contributed by atoms with Gasteiger partial charge in [0, 0.05) is 22.6 Å². The van der Waals surface area contributed by atoms with Crippen molar-refractivity contribution in [3.05, 3.63) is 79.9 Å². The molecule has 0 saturated carbocycles. The molecule has 1 aromatic carbocycles. The van der Waals surface area contributed by atoms with Gasteiger partial charge in [0.25, 0.3) is 0 Å². The van der Waals surface area contributed by atoms with E-state index >= 15 is 0 Å². The topological polar surface area (TPSA) is 46.2 Å². The monoisotopic (exact) mass is 387 g/mol. The number of carbonyl (C=O) groups excluding carboxylic acids is 2. The molecule has 134 valence electrons. The molecule has 0 spiro atoms. The summed E-state index contributed by atoms with van der Waals surface area (Å²) >= 11 is 2.96. The van der Waals surface area contributed by atoms with Crippen molar-refractivity contribution in [2.24, 2.45) is 0 Å². The van der Waals surface area contributed by atoms with Crippen molar-refractivity contribution >= 4 is 34.4 Å². The van der Waals surface area contributed by atoms with Crippen LogP contribution in [0.25, 0.3) is 0 Å². The van der Waals surface area contributed by atoms with Crippen molar-refractivity contribution < 1.29 is 14.0 Å². The number of hydrogen-bond acceptors (Lipinski definition) is 4. The Bertz CT molecular complexity index is 885. The molecule has 0 aliphatic carbocycles. The highest BCUT2D eigenvalue weighted by atomic mass is 32.1. The number of benzene rings is 1. The minimum absolute atomic E-state index is 0.0206. The van der Waals surface area contributed by atoms with Gasteiger partial charge < -0.3 is 5.32 Å². The van der Waals surface area contributed by atoms with Gasteiger partial charge in [-0.25, -0.2) is 4.39 Å². The molecule has 0 radical (unpaired) electrons. The van der Waals surface area contributed by atoms with Crippen molar-refractivity contribution in [3.8, 4) is 0 Å². The van der Waals surface area contributed by atoms with Crippen molar-refractivity contribution in [3.63, 3.8) is 0 Å². The van der Waals surface area contributed by atoms with Crippen molar-refractivity contribution in [1.82, 2.24) is 5.32 Å². The molecule has 1 amide bonds. The van der Waals surface area contributed by atoms with Crippen LogP contribution in [0.2, 0.25) is 0 Å². The lowest BCUT2D eigenvalue weighted by Crippen LogP contribution is -2.29. The van der Waals surface area contributed by atoms with Gasteiger partial charge in [0.2, 0.25) is 5.91 Å². The number of ketones is 1. The number of halogens is 1. The second kappa shape index (κ2) is 8.38. The first kappa shape index (κ1) is 18.5. The van der Waals surface area contributed by atoms with Gasteiger partial charge in [-0.15, -0.1) is 22.7 Å². The minimum Gasteiger partial charge on any atom is -0.344 e. The largest absolute Gasteiger partial charge is 0.344 e. The summed E-state index contributed by atoms with van der Waals surface area (Å²) < 4.78 is 13.2. The lowest BCUT2D eigenvalue weighted by molar-refractivity contribution is -0.121. The molecule has 3 nitrogen and oxygen atoms in total. The first-order valence-electron chi connectivity index (χ1n) is 8.21. The molecule has 0 aliphatic heterocycles. The Hall–Kier alpha value is -2.31. The summed E-state index contributed by atoms with van der Waals surface area (Å²) in [6.07, 6.45) is 0.297. The van der Waals surface area contributed by atoms with Gasteiger partial charge in [0.1, 0.15) is 5.82 Å². The van der Waals surface area contributed by atoms with Gasteiger partial charge in [-0.2, -0.15) is 0 Å². The van der Waals surface area contributed by atoms with E-state index in [4.69, 9.17) is 0 Å². The van der Waals surface area contributed by atoms with Gasteiger partial charge >= 0.3 is 0 Å². The third kappa shape index (κ3) is 4.65. The number of thiophene rings is 2. The van der Waals surface area contributed by atoms with Crippen LogP contribution in [-0.2, 0) is 4.79 Å². The van der Waals surface area contributed by atoms with Crippen LogP contribution in [-0.4, -0.2) is 11.7 Å². The lowest BCUT2D eigenvalue weighted by Gasteiger charge is -2.18. The van der Waals surface area contributed by atoms with E-state index < -0.39 is 0 Å². The van der Waals surface area contributed by atoms with Crippen LogP contribution < -0.4 is 5.32 Å². The van der Waals surface area contributed by atoms with E-state index in [-0.39, 0.29) is 36.4 Å². The van der Waals surface area contributed by atoms with E-state index in [2.05, 4.69) is 5.32 Å². The van der Waals surface area contributed by atoms with Crippen LogP contribution in [0.4, 0.5) is 4.39 Å². The lowest BCUT2D eigenvalue weighted by atomic mass is 10.0. The van der Waals surface area contributed by atoms with Gasteiger partial charge in [0.15, 0.2) is 5.78 Å². The normalized spacial score (nSPS) is 11.9. The van der Waals surface area contributed by atoms with Gasteiger partial charge in [-0.05, 0) is 48.2 Å². The highest BCUT2D eigenvalue weighted by molar-refractivity contribution is 7.14. The maximum absolute atomic E-state index is 13.2. The quantitative estimate of drug-likeness (QED) is 0.572. The summed E-state index contributed by atoms with van der Waals surface area (Å²) in [5.41, 5.74) is 0.808. The molecule has 2 aromatic heterocycles. The molecule has 1 atom stereocenters. The van der Waals surface area contributed by atoms with E-state index in [1.165, 1.54) is 34.8 Å². The number of rotatable bonds is 7. The Morgan fingerprint density at radius 1 is 1.08 bits per heavy atom. The van der Waals surface area contributed by atoms with E-state index in [0.29, 0.717) is 4.88 Å². The minimum atomic E-state index is -0.345. The SMILES string of the molecule is Cc1ccc(C(=O)CCC(=O)NC(c2ccc(F)cc2)c2cccs2)s1. The molecular weight excluding hydrogens is 369 g/mol. The number of amides is 1. The average molecular weight is 388 g/mol. The predicted octanol–water partition coefficient (Wildman–Crippen LogP) is 5.13. The first-order chi connectivity index (χ1) is 12.5. The van der Waals surface area contributed by atoms with E-state index in [1.807, 2.05) is 30.5 Å². The van der Waals surface area contributed by atoms with Gasteiger partial charge in [-0.1, -0.05) is 18.2 Å². The number of hydrogen-bond donors (Lipinski definition) is 1. The smallest absolute Gasteiger partial charge is 0.221 e. The van der Waals surface area contributed by atoms with E-state index in [1.54, 1.807) is 18.2 Å². The molecule has 2 heterocycles. The Morgan fingerprint density at radius 2 is 1.85 bits per heavy atom. The first-order valence-corrected chi connectivity index (χ1v) is 9.90. The highest BCUT2D eigenvalue weighted by Crippen LogP contribution is 2.26. The van der Waals surface area contributed by atoms with Crippen LogP contribution in [0.15, 0.2) is 53.9 Å². The molecule has 6 heteroatoms. The number of carbonyl (C=O) groups is 2. The van der Waals surface area contributed by atoms with Crippen LogP contribution in [0.1, 0.15) is 43.9 Å². The Kier molecular flexibility index (Phi) is 5.96. The summed E-state index contributed by atoms with van der Waals surface area (Å²) in [6.45, 7) is 1.95. The fraction of sp³-hybridized carbons (Fsp3) is 0.200. The third-order valence-corrected chi connectivity index (χ3v) is 5.91. The zero-order valence-corrected chi connectivity index (χ0v) is 15.8. The predicted molar refractivity (Wildman–Crippen MR) is 103 cm³/mol. The third-order valence-electron chi connectivity index (χ3n) is 3.93. The maximum Gasteiger partial charge on any atom is 0.221 e. The van der Waals surface area contributed by atoms with Crippen molar-refractivity contribution in [2.45, 2.75) is 25.8 Å². The summed E-state index contributed by atoms with van der Waals surface area (Å²) in [6, 6.07) is 13.3. The summed E-state index contributed by atoms with van der Waals surface area (Å²) in [7, 11) is 0. The number of nitrogens with one attached hydrogen (secondary N) is 1. The van der Waals surface area contributed by atoms with Crippen LogP contribution in [0.3, 0.4) is 0 Å². The summed E-state index contributed by atoms with van der Waals surface area (Å²) in [5.74, 6) is -0.538. The standard InChI is InChI=1S/C20H18FNO2S2/c1-13-4-10-17(26-13)16(23)9-11-19(24)22-20(18-3-2-12-25-18)14-5-7-15(21)8-6-14/h2-8,10,12,20H,9,11H2,1H3,(H,22,24). The Balaban J connectivity index is 1.66. The number of Topliss-reactive ketones (excluding diaryl/α,β-unsaturated/α-hetero) is 1. The molecule has 1 N–H and O–H groups in total. The molecule has 3 aromatic rings. The second-order valence-corrected chi connectivity index (χ2v) is 8.17. The molecule has 26 heavy (non-hydrogen) atoms. The molecule has 0 fully saturated rings. The van der Waals surface area contributed by atoms with Gasteiger partial charge in [0.05, 0.1) is 10.9 Å². The fourth-order valence-corrected chi connectivity index (χ4v) is 4.23. The van der Waals surface area contributed by atoms with Crippen molar-refractivity contribution in [2.75, 3.05) is 0 Å². The van der Waals surface area contributed by atoms with Crippen LogP contribution >= 0.6 is 22.7 Å². The average Bonchev–Trinajstić information content (AvgIpc) is 3.30. The van der Waals surface area contributed by atoms with E-state index in [0.717, 1.165) is 15.3 Å². The van der Waals surface area contributed by atoms with Gasteiger partial charge in [-0.3, -0.25) is 9.59 Å². The molecular formula is C20H18FNO2S2. The highest BCUT2D eigenvalue weighted by Gasteiger charge is 2.19. The molecule has 1 unspecified atom stereocenters. The Morgan fingerprint density at radius 3 is 2.46 bits per heavy atom. The van der Waals surface area contributed by atoms with Crippen LogP contribution in [0, 0.1) is 12.7 Å². The second-order valence-electron chi connectivity index (χ2n) is 5.90. The van der Waals surface area contributed by atoms with E-state index in [9.17, 15) is 14.0 Å². The van der Waals surface area contributed by atoms with Crippen molar-refractivity contribution in [1.29, 1.82) is 0 Å². The van der Waals surface area contributed by atoms with Crippen LogP contribution in [0.5, 0.6) is 0 Å².